The fourth-order valence-electron chi connectivity index (χ4n) is 3.74. The lowest BCUT2D eigenvalue weighted by Gasteiger charge is -2.31. The van der Waals surface area contributed by atoms with Gasteiger partial charge >= 0.3 is 0 Å². The molecule has 2 heterocycles. The molecular formula is C20H20N2O3S. The van der Waals surface area contributed by atoms with Crippen molar-refractivity contribution < 1.29 is 13.2 Å². The molecule has 1 unspecified atom stereocenters. The lowest BCUT2D eigenvalue weighted by atomic mass is 9.91. The van der Waals surface area contributed by atoms with Crippen LogP contribution in [0.15, 0.2) is 53.4 Å². The van der Waals surface area contributed by atoms with Crippen molar-refractivity contribution in [3.8, 4) is 0 Å². The number of sulfonamides is 1. The monoisotopic (exact) mass is 368 g/mol. The molecule has 1 aromatic heterocycles. The molecule has 0 saturated heterocycles. The maximum Gasteiger partial charge on any atom is 0.243 e. The van der Waals surface area contributed by atoms with E-state index in [2.05, 4.69) is 4.98 Å². The number of aryl methyl sites for hydroxylation is 1. The summed E-state index contributed by atoms with van der Waals surface area (Å²) in [5.74, 6) is -0.146. The SMILES string of the molecule is Cc1ccc(S(=O)(=O)N2Cc3[nH]c4ccccc4c3C(CC=O)C2)cc1. The molecule has 1 aliphatic rings. The van der Waals surface area contributed by atoms with E-state index in [1.807, 2.05) is 31.2 Å². The van der Waals surface area contributed by atoms with Gasteiger partial charge in [-0.25, -0.2) is 8.42 Å². The molecule has 0 amide bonds. The summed E-state index contributed by atoms with van der Waals surface area (Å²) in [6.45, 7) is 2.52. The van der Waals surface area contributed by atoms with Gasteiger partial charge in [0, 0.05) is 35.5 Å². The predicted octanol–water partition coefficient (Wildman–Crippen LogP) is 3.35. The zero-order valence-electron chi connectivity index (χ0n) is 14.5. The van der Waals surface area contributed by atoms with Crippen LogP contribution < -0.4 is 0 Å². The Morgan fingerprint density at radius 2 is 1.88 bits per heavy atom. The Morgan fingerprint density at radius 1 is 1.15 bits per heavy atom. The zero-order valence-corrected chi connectivity index (χ0v) is 15.3. The van der Waals surface area contributed by atoms with Gasteiger partial charge in [0.2, 0.25) is 10.0 Å². The van der Waals surface area contributed by atoms with E-state index in [4.69, 9.17) is 0 Å². The molecule has 0 fully saturated rings. The Kier molecular flexibility index (Phi) is 4.17. The highest BCUT2D eigenvalue weighted by molar-refractivity contribution is 7.89. The minimum Gasteiger partial charge on any atom is -0.357 e. The molecule has 26 heavy (non-hydrogen) atoms. The largest absolute Gasteiger partial charge is 0.357 e. The number of fused-ring (bicyclic) bond motifs is 3. The summed E-state index contributed by atoms with van der Waals surface area (Å²) in [4.78, 5) is 14.9. The van der Waals surface area contributed by atoms with Gasteiger partial charge in [-0.05, 0) is 30.7 Å². The number of hydrogen-bond acceptors (Lipinski definition) is 3. The van der Waals surface area contributed by atoms with E-state index in [-0.39, 0.29) is 17.4 Å². The number of para-hydroxylation sites is 1. The van der Waals surface area contributed by atoms with Gasteiger partial charge in [0.25, 0.3) is 0 Å². The number of nitrogens with zero attached hydrogens (tertiary/aromatic N) is 1. The van der Waals surface area contributed by atoms with Crippen molar-refractivity contribution in [2.45, 2.75) is 30.7 Å². The lowest BCUT2D eigenvalue weighted by Crippen LogP contribution is -2.38. The van der Waals surface area contributed by atoms with Gasteiger partial charge in [-0.15, -0.1) is 0 Å². The highest BCUT2D eigenvalue weighted by Gasteiger charge is 2.35. The summed E-state index contributed by atoms with van der Waals surface area (Å²) in [5.41, 5.74) is 3.94. The van der Waals surface area contributed by atoms with E-state index in [0.29, 0.717) is 13.0 Å². The van der Waals surface area contributed by atoms with Gasteiger partial charge in [0.15, 0.2) is 0 Å². The Hall–Kier alpha value is -2.44. The lowest BCUT2D eigenvalue weighted by molar-refractivity contribution is -0.108. The number of aromatic amines is 1. The molecule has 3 aromatic rings. The predicted molar refractivity (Wildman–Crippen MR) is 100 cm³/mol. The molecule has 4 rings (SSSR count). The number of hydrogen-bond donors (Lipinski definition) is 1. The Balaban J connectivity index is 1.78. The van der Waals surface area contributed by atoms with E-state index in [9.17, 15) is 13.2 Å². The highest BCUT2D eigenvalue weighted by Crippen LogP contribution is 2.37. The first-order chi connectivity index (χ1) is 12.5. The first-order valence-electron chi connectivity index (χ1n) is 8.60. The normalized spacial score (nSPS) is 18.0. The van der Waals surface area contributed by atoms with Gasteiger partial charge in [0.05, 0.1) is 11.4 Å². The van der Waals surface area contributed by atoms with E-state index in [0.717, 1.165) is 34.0 Å². The maximum atomic E-state index is 13.1. The molecule has 1 aliphatic heterocycles. The molecule has 0 aliphatic carbocycles. The van der Waals surface area contributed by atoms with E-state index in [1.165, 1.54) is 4.31 Å². The molecule has 0 radical (unpaired) electrons. The number of aldehydes is 1. The number of aromatic nitrogens is 1. The number of benzene rings is 2. The maximum absolute atomic E-state index is 13.1. The third kappa shape index (κ3) is 2.75. The van der Waals surface area contributed by atoms with Crippen molar-refractivity contribution in [3.63, 3.8) is 0 Å². The Bertz CT molecular complexity index is 1070. The molecule has 0 spiro atoms. The first-order valence-corrected chi connectivity index (χ1v) is 10.0. The van der Waals surface area contributed by atoms with Gasteiger partial charge in [-0.3, -0.25) is 0 Å². The zero-order chi connectivity index (χ0) is 18.3. The molecule has 0 bridgehead atoms. The van der Waals surface area contributed by atoms with E-state index in [1.54, 1.807) is 24.3 Å². The second kappa shape index (κ2) is 6.37. The molecule has 1 N–H and O–H groups in total. The fourth-order valence-corrected chi connectivity index (χ4v) is 5.19. The van der Waals surface area contributed by atoms with Crippen LogP contribution in [0.3, 0.4) is 0 Å². The van der Waals surface area contributed by atoms with Crippen LogP contribution in [0.25, 0.3) is 10.9 Å². The van der Waals surface area contributed by atoms with Crippen LogP contribution in [0.2, 0.25) is 0 Å². The van der Waals surface area contributed by atoms with Crippen LogP contribution in [0.5, 0.6) is 0 Å². The summed E-state index contributed by atoms with van der Waals surface area (Å²) < 4.78 is 27.7. The standard InChI is InChI=1S/C20H20N2O3S/c1-14-6-8-16(9-7-14)26(24,25)22-12-15(10-11-23)20-17-4-2-3-5-18(17)21-19(20)13-22/h2-9,11,15,21H,10,12-13H2,1H3. The second-order valence-corrected chi connectivity index (χ2v) is 8.71. The molecule has 6 heteroatoms. The third-order valence-corrected chi connectivity index (χ3v) is 6.86. The van der Waals surface area contributed by atoms with Crippen molar-refractivity contribution in [2.75, 3.05) is 6.54 Å². The van der Waals surface area contributed by atoms with Gasteiger partial charge in [-0.2, -0.15) is 4.31 Å². The Labute approximate surface area is 152 Å². The number of nitrogens with one attached hydrogen (secondary N) is 1. The Morgan fingerprint density at radius 3 is 2.62 bits per heavy atom. The molecule has 1 atom stereocenters. The van der Waals surface area contributed by atoms with Crippen molar-refractivity contribution in [1.29, 1.82) is 0 Å². The van der Waals surface area contributed by atoms with Crippen LogP contribution in [0, 0.1) is 6.92 Å². The van der Waals surface area contributed by atoms with Crippen molar-refractivity contribution >= 4 is 27.2 Å². The summed E-state index contributed by atoms with van der Waals surface area (Å²) in [6.07, 6.45) is 1.17. The molecule has 2 aromatic carbocycles. The van der Waals surface area contributed by atoms with Crippen molar-refractivity contribution in [3.05, 3.63) is 65.4 Å². The quantitative estimate of drug-likeness (QED) is 0.718. The summed E-state index contributed by atoms with van der Waals surface area (Å²) in [6, 6.07) is 14.8. The highest BCUT2D eigenvalue weighted by atomic mass is 32.2. The number of rotatable bonds is 4. The molecule has 134 valence electrons. The van der Waals surface area contributed by atoms with Gasteiger partial charge in [0.1, 0.15) is 6.29 Å². The minimum absolute atomic E-state index is 0.146. The van der Waals surface area contributed by atoms with Crippen molar-refractivity contribution in [1.82, 2.24) is 9.29 Å². The van der Waals surface area contributed by atoms with E-state index < -0.39 is 10.0 Å². The number of H-pyrrole nitrogens is 1. The van der Waals surface area contributed by atoms with Crippen LogP contribution in [0.1, 0.15) is 29.2 Å². The molecule has 0 saturated carbocycles. The molecular weight excluding hydrogens is 348 g/mol. The first kappa shape index (κ1) is 17.0. The number of carbonyl (C=O) groups excluding carboxylic acids is 1. The summed E-state index contributed by atoms with van der Waals surface area (Å²) in [7, 11) is -3.61. The second-order valence-electron chi connectivity index (χ2n) is 6.77. The molecule has 5 nitrogen and oxygen atoms in total. The smallest absolute Gasteiger partial charge is 0.243 e. The average molecular weight is 368 g/mol. The van der Waals surface area contributed by atoms with Crippen LogP contribution in [-0.2, 0) is 21.4 Å². The number of carbonyl (C=O) groups is 1. The fraction of sp³-hybridized carbons (Fsp3) is 0.250. The van der Waals surface area contributed by atoms with E-state index >= 15 is 0 Å². The van der Waals surface area contributed by atoms with Gasteiger partial charge < -0.3 is 9.78 Å². The minimum atomic E-state index is -3.61. The van der Waals surface area contributed by atoms with Crippen LogP contribution in [0.4, 0.5) is 0 Å². The summed E-state index contributed by atoms with van der Waals surface area (Å²) in [5, 5.41) is 1.07. The topological polar surface area (TPSA) is 70.2 Å². The van der Waals surface area contributed by atoms with Crippen LogP contribution >= 0.6 is 0 Å². The van der Waals surface area contributed by atoms with Crippen LogP contribution in [-0.4, -0.2) is 30.5 Å². The van der Waals surface area contributed by atoms with Crippen molar-refractivity contribution in [2.24, 2.45) is 0 Å². The summed E-state index contributed by atoms with van der Waals surface area (Å²) >= 11 is 0. The third-order valence-electron chi connectivity index (χ3n) is 5.03. The average Bonchev–Trinajstić information content (AvgIpc) is 3.01. The van der Waals surface area contributed by atoms with Gasteiger partial charge in [-0.1, -0.05) is 35.9 Å².